The van der Waals surface area contributed by atoms with E-state index in [2.05, 4.69) is 0 Å². The van der Waals surface area contributed by atoms with Crippen LogP contribution in [0.5, 0.6) is 0 Å². The molecule has 0 spiro atoms. The Kier molecular flexibility index (Phi) is 2.73. The van der Waals surface area contributed by atoms with Gasteiger partial charge in [-0.05, 0) is 23.6 Å². The van der Waals surface area contributed by atoms with Crippen molar-refractivity contribution < 1.29 is 15.0 Å². The van der Waals surface area contributed by atoms with Crippen LogP contribution in [0.3, 0.4) is 0 Å². The van der Waals surface area contributed by atoms with Gasteiger partial charge < -0.3 is 10.2 Å². The number of hydrogen-bond acceptors (Lipinski definition) is 4. The van der Waals surface area contributed by atoms with Crippen LogP contribution >= 0.6 is 0 Å². The summed E-state index contributed by atoms with van der Waals surface area (Å²) in [6.07, 6.45) is -1.50. The molecule has 0 saturated heterocycles. The van der Waals surface area contributed by atoms with Crippen LogP contribution in [0.1, 0.15) is 34.0 Å². The normalized spacial score (nSPS) is 17.7. The van der Waals surface area contributed by atoms with Crippen molar-refractivity contribution in [3.63, 3.8) is 0 Å². The van der Waals surface area contributed by atoms with E-state index in [4.69, 9.17) is 5.26 Å². The number of rotatable bonds is 2. The van der Waals surface area contributed by atoms with Crippen LogP contribution in [0.15, 0.2) is 18.2 Å². The fourth-order valence-corrected chi connectivity index (χ4v) is 1.89. The first-order valence-electron chi connectivity index (χ1n) is 5.05. The molecule has 1 aliphatic carbocycles. The second kappa shape index (κ2) is 4.05. The molecule has 2 unspecified atom stereocenters. The number of nitriles is 1. The Morgan fingerprint density at radius 2 is 2.06 bits per heavy atom. The average molecular weight is 217 g/mol. The van der Waals surface area contributed by atoms with Crippen molar-refractivity contribution in [3.05, 3.63) is 34.9 Å². The Labute approximate surface area is 92.8 Å². The molecule has 4 nitrogen and oxygen atoms in total. The van der Waals surface area contributed by atoms with Gasteiger partial charge in [-0.1, -0.05) is 12.1 Å². The number of benzene rings is 1. The summed E-state index contributed by atoms with van der Waals surface area (Å²) < 4.78 is 0. The van der Waals surface area contributed by atoms with Crippen LogP contribution < -0.4 is 0 Å². The highest BCUT2D eigenvalue weighted by Gasteiger charge is 2.23. The first-order chi connectivity index (χ1) is 7.63. The van der Waals surface area contributed by atoms with E-state index in [1.54, 1.807) is 24.3 Å². The molecule has 82 valence electrons. The van der Waals surface area contributed by atoms with Gasteiger partial charge in [-0.15, -0.1) is 0 Å². The quantitative estimate of drug-likeness (QED) is 0.715. The third-order valence-electron chi connectivity index (χ3n) is 2.83. The van der Waals surface area contributed by atoms with E-state index in [0.717, 1.165) is 12.0 Å². The number of aryl methyl sites for hydroxylation is 1. The number of Topliss-reactive ketones (excluding diaryl/α,β-unsaturated/α-hetero) is 1. The molecular formula is C12H11NO3. The molecule has 16 heavy (non-hydrogen) atoms. The van der Waals surface area contributed by atoms with E-state index in [1.165, 1.54) is 0 Å². The summed E-state index contributed by atoms with van der Waals surface area (Å²) in [6, 6.07) is 6.54. The highest BCUT2D eigenvalue weighted by molar-refractivity contribution is 6.00. The largest absolute Gasteiger partial charge is 0.385 e. The maximum Gasteiger partial charge on any atom is 0.170 e. The van der Waals surface area contributed by atoms with Gasteiger partial charge in [0.1, 0.15) is 6.10 Å². The van der Waals surface area contributed by atoms with Crippen molar-refractivity contribution in [1.82, 2.24) is 0 Å². The zero-order valence-electron chi connectivity index (χ0n) is 8.55. The monoisotopic (exact) mass is 217 g/mol. The van der Waals surface area contributed by atoms with E-state index >= 15 is 0 Å². The number of aliphatic hydroxyl groups excluding tert-OH is 2. The molecular weight excluding hydrogens is 206 g/mol. The minimum atomic E-state index is -1.46. The molecule has 4 heteroatoms. The third-order valence-corrected chi connectivity index (χ3v) is 2.83. The van der Waals surface area contributed by atoms with Gasteiger partial charge in [-0.2, -0.15) is 5.26 Å². The lowest BCUT2D eigenvalue weighted by Crippen LogP contribution is -2.16. The third kappa shape index (κ3) is 1.71. The second-order valence-corrected chi connectivity index (χ2v) is 3.86. The van der Waals surface area contributed by atoms with E-state index < -0.39 is 12.2 Å². The van der Waals surface area contributed by atoms with E-state index in [9.17, 15) is 15.0 Å². The maximum absolute atomic E-state index is 11.5. The zero-order chi connectivity index (χ0) is 11.7. The molecule has 0 aromatic heterocycles. The van der Waals surface area contributed by atoms with Crippen molar-refractivity contribution in [2.24, 2.45) is 0 Å². The number of carbonyl (C=O) groups excluding carboxylic acids is 1. The highest BCUT2D eigenvalue weighted by Crippen LogP contribution is 2.26. The number of nitrogens with zero attached hydrogens (tertiary/aromatic N) is 1. The van der Waals surface area contributed by atoms with Crippen molar-refractivity contribution in [3.8, 4) is 6.07 Å². The molecule has 2 N–H and O–H groups in total. The fraction of sp³-hybridized carbons (Fsp3) is 0.333. The summed E-state index contributed by atoms with van der Waals surface area (Å²) in [5, 5.41) is 27.3. The van der Waals surface area contributed by atoms with E-state index in [-0.39, 0.29) is 5.78 Å². The minimum absolute atomic E-state index is 0.0514. The Morgan fingerprint density at radius 3 is 2.75 bits per heavy atom. The van der Waals surface area contributed by atoms with Crippen molar-refractivity contribution >= 4 is 5.78 Å². The molecule has 2 rings (SSSR count). The number of ketones is 1. The average Bonchev–Trinajstić information content (AvgIpc) is 2.68. The van der Waals surface area contributed by atoms with Gasteiger partial charge in [0, 0.05) is 12.0 Å². The SMILES string of the molecule is N#CC(O)C(O)c1ccc2c(c1)C(=O)CC2. The predicted octanol–water partition coefficient (Wildman–Crippen LogP) is 0.733. The smallest absolute Gasteiger partial charge is 0.170 e. The molecule has 0 saturated carbocycles. The molecule has 0 bridgehead atoms. The first kappa shape index (κ1) is 10.8. The number of hydrogen-bond donors (Lipinski definition) is 2. The summed E-state index contributed by atoms with van der Waals surface area (Å²) in [5.74, 6) is 0.0514. The first-order valence-corrected chi connectivity index (χ1v) is 5.05. The van der Waals surface area contributed by atoms with Gasteiger partial charge in [-0.25, -0.2) is 0 Å². The van der Waals surface area contributed by atoms with Gasteiger partial charge in [0.05, 0.1) is 6.07 Å². The van der Waals surface area contributed by atoms with E-state index in [0.29, 0.717) is 17.5 Å². The predicted molar refractivity (Wildman–Crippen MR) is 55.7 cm³/mol. The van der Waals surface area contributed by atoms with Gasteiger partial charge >= 0.3 is 0 Å². The Bertz CT molecular complexity index is 476. The summed E-state index contributed by atoms with van der Waals surface area (Å²) in [7, 11) is 0. The van der Waals surface area contributed by atoms with Crippen molar-refractivity contribution in [2.75, 3.05) is 0 Å². The fourth-order valence-electron chi connectivity index (χ4n) is 1.89. The lowest BCUT2D eigenvalue weighted by Gasteiger charge is -2.12. The molecule has 0 aliphatic heterocycles. The summed E-state index contributed by atoms with van der Waals surface area (Å²) in [5.41, 5.74) is 1.97. The van der Waals surface area contributed by atoms with Gasteiger partial charge in [0.25, 0.3) is 0 Å². The summed E-state index contributed by atoms with van der Waals surface area (Å²) in [4.78, 5) is 11.5. The van der Waals surface area contributed by atoms with E-state index in [1.807, 2.05) is 0 Å². The van der Waals surface area contributed by atoms with Gasteiger partial charge in [0.2, 0.25) is 0 Å². The summed E-state index contributed by atoms with van der Waals surface area (Å²) in [6.45, 7) is 0. The topological polar surface area (TPSA) is 81.3 Å². The van der Waals surface area contributed by atoms with Crippen LogP contribution in [0.2, 0.25) is 0 Å². The molecule has 1 aromatic carbocycles. The van der Waals surface area contributed by atoms with Crippen LogP contribution in [0.25, 0.3) is 0 Å². The minimum Gasteiger partial charge on any atom is -0.385 e. The zero-order valence-corrected chi connectivity index (χ0v) is 8.55. The van der Waals surface area contributed by atoms with Gasteiger partial charge in [0.15, 0.2) is 11.9 Å². The molecule has 0 heterocycles. The Morgan fingerprint density at radius 1 is 1.31 bits per heavy atom. The van der Waals surface area contributed by atoms with Gasteiger partial charge in [-0.3, -0.25) is 4.79 Å². The van der Waals surface area contributed by atoms with Crippen LogP contribution in [-0.4, -0.2) is 22.1 Å². The molecule has 1 aromatic rings. The lowest BCUT2D eigenvalue weighted by molar-refractivity contribution is 0.0527. The summed E-state index contributed by atoms with van der Waals surface area (Å²) >= 11 is 0. The standard InChI is InChI=1S/C12H11NO3/c13-6-11(15)12(16)8-2-1-7-3-4-10(14)9(7)5-8/h1-2,5,11-12,15-16H,3-4H2. The van der Waals surface area contributed by atoms with Crippen molar-refractivity contribution in [1.29, 1.82) is 5.26 Å². The van der Waals surface area contributed by atoms with Crippen LogP contribution in [-0.2, 0) is 6.42 Å². The Balaban J connectivity index is 2.35. The molecule has 1 aliphatic rings. The number of carbonyl (C=O) groups is 1. The molecule has 0 amide bonds. The van der Waals surface area contributed by atoms with Crippen LogP contribution in [0, 0.1) is 11.3 Å². The number of aliphatic hydroxyl groups is 2. The Hall–Kier alpha value is -1.70. The number of fused-ring (bicyclic) bond motifs is 1. The molecule has 0 fully saturated rings. The molecule has 0 radical (unpaired) electrons. The second-order valence-electron chi connectivity index (χ2n) is 3.86. The lowest BCUT2D eigenvalue weighted by atomic mass is 10.00. The highest BCUT2D eigenvalue weighted by atomic mass is 16.3. The van der Waals surface area contributed by atoms with Crippen LogP contribution in [0.4, 0.5) is 0 Å². The van der Waals surface area contributed by atoms with Crippen molar-refractivity contribution in [2.45, 2.75) is 25.0 Å². The molecule has 2 atom stereocenters. The maximum atomic E-state index is 11.5.